The molecule has 112 valence electrons. The summed E-state index contributed by atoms with van der Waals surface area (Å²) in [5, 5.41) is 6.41. The Morgan fingerprint density at radius 2 is 1.32 bits per heavy atom. The molecule has 0 aliphatic carbocycles. The summed E-state index contributed by atoms with van der Waals surface area (Å²) in [5.41, 5.74) is 0. The molecule has 0 radical (unpaired) electrons. The number of aryl methyl sites for hydroxylation is 1. The van der Waals surface area contributed by atoms with Gasteiger partial charge in [0.05, 0.1) is 0 Å². The largest absolute Gasteiger partial charge is 0.273 e. The molecule has 2 aromatic carbocycles. The van der Waals surface area contributed by atoms with Crippen molar-refractivity contribution in [3.63, 3.8) is 0 Å². The van der Waals surface area contributed by atoms with Crippen molar-refractivity contribution in [2.45, 2.75) is 13.5 Å². The molecule has 0 unspecified atom stereocenters. The highest BCUT2D eigenvalue weighted by atomic mass is 28.3. The van der Waals surface area contributed by atoms with Crippen LogP contribution in [-0.4, -0.2) is 22.7 Å². The number of halogens is 2. The van der Waals surface area contributed by atoms with Crippen LogP contribution in [0.5, 0.6) is 0 Å². The zero-order valence-corrected chi connectivity index (χ0v) is 13.3. The molecule has 0 atom stereocenters. The quantitative estimate of drug-likeness (QED) is 0.693. The second kappa shape index (κ2) is 5.45. The number of aromatic nitrogens is 3. The highest BCUT2D eigenvalue weighted by Gasteiger charge is 2.36. The molecule has 0 spiro atoms. The molecule has 0 aliphatic rings. The van der Waals surface area contributed by atoms with Crippen LogP contribution in [0, 0.1) is 18.6 Å². The van der Waals surface area contributed by atoms with Gasteiger partial charge in [-0.1, -0.05) is 24.3 Å². The van der Waals surface area contributed by atoms with Crippen LogP contribution >= 0.6 is 0 Å². The standard InChI is InChI=1S/C16H15F2N3Si/c1-12-19-11-21(20-12)22(2,15-7-3-13(17)4-8-15)16-9-5-14(18)6-10-16/h3-11H,1-2H3. The molecular weight excluding hydrogens is 300 g/mol. The molecule has 22 heavy (non-hydrogen) atoms. The van der Waals surface area contributed by atoms with Crippen molar-refractivity contribution in [2.75, 3.05) is 0 Å². The average molecular weight is 315 g/mol. The lowest BCUT2D eigenvalue weighted by atomic mass is 10.3. The first-order chi connectivity index (χ1) is 10.5. The third kappa shape index (κ3) is 2.46. The molecule has 3 rings (SSSR count). The maximum absolute atomic E-state index is 13.3. The molecule has 3 nitrogen and oxygen atoms in total. The number of hydrogen-bond donors (Lipinski definition) is 0. The van der Waals surface area contributed by atoms with E-state index in [4.69, 9.17) is 0 Å². The van der Waals surface area contributed by atoms with Gasteiger partial charge in [-0.15, -0.1) is 0 Å². The summed E-state index contributed by atoms with van der Waals surface area (Å²) in [4.78, 5) is 4.21. The molecule has 0 saturated heterocycles. The Balaban J connectivity index is 2.21. The topological polar surface area (TPSA) is 30.7 Å². The lowest BCUT2D eigenvalue weighted by Gasteiger charge is -2.28. The molecular formula is C16H15F2N3Si. The molecule has 0 bridgehead atoms. The minimum absolute atomic E-state index is 0.283. The SMILES string of the molecule is Cc1ncn([Si](C)(c2ccc(F)cc2)c2ccc(F)cc2)n1. The van der Waals surface area contributed by atoms with Crippen molar-refractivity contribution < 1.29 is 8.78 Å². The fraction of sp³-hybridized carbons (Fsp3) is 0.125. The third-order valence-corrected chi connectivity index (χ3v) is 7.92. The Kier molecular flexibility index (Phi) is 3.62. The zero-order valence-electron chi connectivity index (χ0n) is 12.3. The molecule has 0 fully saturated rings. The van der Waals surface area contributed by atoms with E-state index in [-0.39, 0.29) is 11.6 Å². The Morgan fingerprint density at radius 3 is 1.68 bits per heavy atom. The Labute approximate surface area is 128 Å². The summed E-state index contributed by atoms with van der Waals surface area (Å²) >= 11 is 0. The molecule has 6 heteroatoms. The molecule has 0 aliphatic heterocycles. The smallest absolute Gasteiger partial charge is 0.245 e. The zero-order chi connectivity index (χ0) is 15.7. The number of hydrogen-bond acceptors (Lipinski definition) is 2. The molecule has 1 heterocycles. The average Bonchev–Trinajstić information content (AvgIpc) is 2.95. The van der Waals surface area contributed by atoms with Gasteiger partial charge in [0.15, 0.2) is 0 Å². The predicted octanol–water partition coefficient (Wildman–Crippen LogP) is 2.10. The molecule has 3 aromatic rings. The summed E-state index contributed by atoms with van der Waals surface area (Å²) < 4.78 is 28.4. The molecule has 0 saturated carbocycles. The monoisotopic (exact) mass is 315 g/mol. The van der Waals surface area contributed by atoms with Gasteiger partial charge in [-0.05, 0) is 48.1 Å². The highest BCUT2D eigenvalue weighted by Crippen LogP contribution is 2.10. The maximum Gasteiger partial charge on any atom is 0.245 e. The summed E-state index contributed by atoms with van der Waals surface area (Å²) in [6, 6.07) is 12.8. The normalized spacial score (nSPS) is 11.6. The van der Waals surface area contributed by atoms with Crippen LogP contribution in [0.2, 0.25) is 6.55 Å². The van der Waals surface area contributed by atoms with E-state index in [9.17, 15) is 8.78 Å². The third-order valence-electron chi connectivity index (χ3n) is 3.88. The van der Waals surface area contributed by atoms with E-state index in [0.29, 0.717) is 5.82 Å². The van der Waals surface area contributed by atoms with Gasteiger partial charge >= 0.3 is 0 Å². The van der Waals surface area contributed by atoms with Crippen molar-refractivity contribution in [1.29, 1.82) is 0 Å². The van der Waals surface area contributed by atoms with Crippen LogP contribution in [0.4, 0.5) is 8.78 Å². The number of rotatable bonds is 3. The van der Waals surface area contributed by atoms with Gasteiger partial charge in [-0.25, -0.2) is 13.8 Å². The molecule has 0 amide bonds. The van der Waals surface area contributed by atoms with Gasteiger partial charge in [0.25, 0.3) is 0 Å². The second-order valence-electron chi connectivity index (χ2n) is 5.32. The van der Waals surface area contributed by atoms with Crippen LogP contribution in [-0.2, 0) is 0 Å². The van der Waals surface area contributed by atoms with Crippen LogP contribution in [0.15, 0.2) is 54.9 Å². The first-order valence-corrected chi connectivity index (χ1v) is 9.36. The summed E-state index contributed by atoms with van der Waals surface area (Å²) in [6.45, 7) is 3.90. The lowest BCUT2D eigenvalue weighted by molar-refractivity contribution is 0.628. The van der Waals surface area contributed by atoms with Gasteiger partial charge in [0.2, 0.25) is 8.24 Å². The first kappa shape index (κ1) is 14.6. The van der Waals surface area contributed by atoms with Crippen molar-refractivity contribution in [1.82, 2.24) is 14.4 Å². The summed E-state index contributed by atoms with van der Waals surface area (Å²) in [6.07, 6.45) is 1.69. The molecule has 0 N–H and O–H groups in total. The van der Waals surface area contributed by atoms with E-state index >= 15 is 0 Å². The highest BCUT2D eigenvalue weighted by molar-refractivity contribution is 6.99. The predicted molar refractivity (Wildman–Crippen MR) is 83.8 cm³/mol. The van der Waals surface area contributed by atoms with Gasteiger partial charge < -0.3 is 0 Å². The van der Waals surface area contributed by atoms with Crippen molar-refractivity contribution in [3.05, 3.63) is 72.3 Å². The van der Waals surface area contributed by atoms with Crippen LogP contribution in [0.1, 0.15) is 5.82 Å². The van der Waals surface area contributed by atoms with Crippen LogP contribution in [0.3, 0.4) is 0 Å². The second-order valence-corrected chi connectivity index (χ2v) is 9.08. The van der Waals surface area contributed by atoms with Gasteiger partial charge in [0, 0.05) is 0 Å². The van der Waals surface area contributed by atoms with Crippen molar-refractivity contribution in [2.24, 2.45) is 0 Å². The van der Waals surface area contributed by atoms with E-state index in [0.717, 1.165) is 10.4 Å². The van der Waals surface area contributed by atoms with Crippen molar-refractivity contribution in [3.8, 4) is 0 Å². The van der Waals surface area contributed by atoms with Crippen LogP contribution < -0.4 is 10.4 Å². The van der Waals surface area contributed by atoms with Crippen LogP contribution in [0.25, 0.3) is 0 Å². The molecule has 1 aromatic heterocycles. The Morgan fingerprint density at radius 1 is 0.864 bits per heavy atom. The minimum atomic E-state index is -2.49. The fourth-order valence-corrected chi connectivity index (χ4v) is 5.67. The maximum atomic E-state index is 13.3. The van der Waals surface area contributed by atoms with E-state index in [1.165, 1.54) is 24.3 Å². The minimum Gasteiger partial charge on any atom is -0.273 e. The van der Waals surface area contributed by atoms with E-state index < -0.39 is 8.24 Å². The Hall–Kier alpha value is -2.34. The Bertz CT molecular complexity index is 736. The van der Waals surface area contributed by atoms with Gasteiger partial charge in [-0.3, -0.25) is 4.35 Å². The summed E-state index contributed by atoms with van der Waals surface area (Å²) in [7, 11) is -2.49. The van der Waals surface area contributed by atoms with E-state index in [2.05, 4.69) is 16.6 Å². The van der Waals surface area contributed by atoms with Crippen molar-refractivity contribution >= 4 is 18.6 Å². The number of nitrogens with zero attached hydrogens (tertiary/aromatic N) is 3. The fourth-order valence-electron chi connectivity index (χ4n) is 2.54. The van der Waals surface area contributed by atoms with E-state index in [1.807, 2.05) is 11.3 Å². The first-order valence-electron chi connectivity index (χ1n) is 6.91. The van der Waals surface area contributed by atoms with E-state index in [1.54, 1.807) is 30.6 Å². The lowest BCUT2D eigenvalue weighted by Crippen LogP contribution is -2.62. The van der Waals surface area contributed by atoms with Gasteiger partial charge in [0.1, 0.15) is 23.8 Å². The number of benzene rings is 2. The van der Waals surface area contributed by atoms with Gasteiger partial charge in [-0.2, -0.15) is 5.10 Å². The summed E-state index contributed by atoms with van der Waals surface area (Å²) in [5.74, 6) is 0.103.